The van der Waals surface area contributed by atoms with Gasteiger partial charge in [-0.05, 0) is 56.4 Å². The molecule has 2 aliphatic rings. The molecule has 2 heterocycles. The number of aryl methyl sites for hydroxylation is 1. The summed E-state index contributed by atoms with van der Waals surface area (Å²) in [6.07, 6.45) is 4.18. The Morgan fingerprint density at radius 1 is 1.17 bits per heavy atom. The van der Waals surface area contributed by atoms with E-state index in [1.54, 1.807) is 0 Å². The third-order valence-electron chi connectivity index (χ3n) is 5.47. The molecule has 4 nitrogen and oxygen atoms in total. The molecule has 2 fully saturated rings. The van der Waals surface area contributed by atoms with Crippen LogP contribution in [0.5, 0.6) is 5.75 Å². The molecule has 1 aromatic carbocycles. The summed E-state index contributed by atoms with van der Waals surface area (Å²) < 4.78 is 6.07. The summed E-state index contributed by atoms with van der Waals surface area (Å²) in [6.45, 7) is 9.26. The van der Waals surface area contributed by atoms with Crippen LogP contribution in [0.15, 0.2) is 24.3 Å². The molecule has 1 aromatic rings. The fourth-order valence-electron chi connectivity index (χ4n) is 3.69. The lowest BCUT2D eigenvalue weighted by Crippen LogP contribution is -2.56. The van der Waals surface area contributed by atoms with Crippen molar-refractivity contribution in [2.75, 3.05) is 32.7 Å². The molecule has 0 saturated carbocycles. The van der Waals surface area contributed by atoms with Crippen LogP contribution >= 0.6 is 0 Å². The van der Waals surface area contributed by atoms with E-state index in [-0.39, 0.29) is 6.10 Å². The van der Waals surface area contributed by atoms with Gasteiger partial charge >= 0.3 is 0 Å². The molecule has 0 aliphatic carbocycles. The lowest BCUT2D eigenvalue weighted by molar-refractivity contribution is -0.141. The van der Waals surface area contributed by atoms with Crippen LogP contribution in [0.3, 0.4) is 0 Å². The van der Waals surface area contributed by atoms with E-state index in [2.05, 4.69) is 24.8 Å². The van der Waals surface area contributed by atoms with Crippen molar-refractivity contribution < 1.29 is 9.53 Å². The van der Waals surface area contributed by atoms with Crippen LogP contribution in [0.1, 0.15) is 38.7 Å². The standard InChI is InChI=1S/C20H30N2O2/c1-3-17-7-5-6-8-19(17)24-18-14-22(15-18)20(23)13-16-9-11-21(4-2)12-10-16/h5-8,16,18H,3-4,9-15H2,1-2H3. The van der Waals surface area contributed by atoms with E-state index in [0.29, 0.717) is 11.8 Å². The van der Waals surface area contributed by atoms with E-state index < -0.39 is 0 Å². The monoisotopic (exact) mass is 330 g/mol. The van der Waals surface area contributed by atoms with Gasteiger partial charge in [0.25, 0.3) is 0 Å². The van der Waals surface area contributed by atoms with E-state index in [9.17, 15) is 4.79 Å². The van der Waals surface area contributed by atoms with Crippen LogP contribution in [-0.2, 0) is 11.2 Å². The van der Waals surface area contributed by atoms with Crippen molar-refractivity contribution >= 4 is 5.91 Å². The van der Waals surface area contributed by atoms with Crippen molar-refractivity contribution in [1.29, 1.82) is 0 Å². The normalized spacial score (nSPS) is 20.0. The Morgan fingerprint density at radius 3 is 2.54 bits per heavy atom. The second kappa shape index (κ2) is 8.02. The third-order valence-corrected chi connectivity index (χ3v) is 5.47. The van der Waals surface area contributed by atoms with Crippen molar-refractivity contribution in [3.05, 3.63) is 29.8 Å². The van der Waals surface area contributed by atoms with Crippen molar-refractivity contribution in [2.45, 2.75) is 45.6 Å². The summed E-state index contributed by atoms with van der Waals surface area (Å²) in [5, 5.41) is 0. The minimum absolute atomic E-state index is 0.156. The summed E-state index contributed by atoms with van der Waals surface area (Å²) in [5.41, 5.74) is 1.24. The van der Waals surface area contributed by atoms with Crippen molar-refractivity contribution in [2.24, 2.45) is 5.92 Å². The van der Waals surface area contributed by atoms with Gasteiger partial charge in [0.1, 0.15) is 11.9 Å². The summed E-state index contributed by atoms with van der Waals surface area (Å²) in [7, 11) is 0. The van der Waals surface area contributed by atoms with Gasteiger partial charge in [-0.25, -0.2) is 0 Å². The highest BCUT2D eigenvalue weighted by Crippen LogP contribution is 2.25. The molecule has 2 saturated heterocycles. The number of carbonyl (C=O) groups excluding carboxylic acids is 1. The van der Waals surface area contributed by atoms with Crippen molar-refractivity contribution in [3.63, 3.8) is 0 Å². The number of para-hydroxylation sites is 1. The maximum absolute atomic E-state index is 12.4. The second-order valence-electron chi connectivity index (χ2n) is 7.08. The topological polar surface area (TPSA) is 32.8 Å². The van der Waals surface area contributed by atoms with Gasteiger partial charge in [0.2, 0.25) is 5.91 Å². The van der Waals surface area contributed by atoms with Crippen molar-refractivity contribution in [1.82, 2.24) is 9.80 Å². The van der Waals surface area contributed by atoms with Crippen molar-refractivity contribution in [3.8, 4) is 5.75 Å². The van der Waals surface area contributed by atoms with Gasteiger partial charge < -0.3 is 14.5 Å². The molecule has 24 heavy (non-hydrogen) atoms. The lowest BCUT2D eigenvalue weighted by atomic mass is 9.92. The number of amides is 1. The number of hydrogen-bond donors (Lipinski definition) is 0. The molecule has 0 N–H and O–H groups in total. The fourth-order valence-corrected chi connectivity index (χ4v) is 3.69. The number of ether oxygens (including phenoxy) is 1. The van der Waals surface area contributed by atoms with Crippen LogP contribution in [0.25, 0.3) is 0 Å². The molecule has 0 spiro atoms. The first-order valence-corrected chi connectivity index (χ1v) is 9.44. The van der Waals surface area contributed by atoms with E-state index >= 15 is 0 Å². The number of likely N-dealkylation sites (tertiary alicyclic amines) is 2. The summed E-state index contributed by atoms with van der Waals surface area (Å²) in [6, 6.07) is 8.20. The highest BCUT2D eigenvalue weighted by Gasteiger charge is 2.33. The maximum Gasteiger partial charge on any atom is 0.223 e. The molecule has 3 rings (SSSR count). The highest BCUT2D eigenvalue weighted by molar-refractivity contribution is 5.77. The Bertz CT molecular complexity index is 546. The van der Waals surface area contributed by atoms with E-state index in [1.807, 2.05) is 23.1 Å². The predicted octanol–water partition coefficient (Wildman–Crippen LogP) is 2.96. The van der Waals surface area contributed by atoms with Gasteiger partial charge in [0.15, 0.2) is 0 Å². The molecule has 4 heteroatoms. The quantitative estimate of drug-likeness (QED) is 0.804. The lowest BCUT2D eigenvalue weighted by Gasteiger charge is -2.40. The Balaban J connectivity index is 1.41. The average Bonchev–Trinajstić information content (AvgIpc) is 2.58. The summed E-state index contributed by atoms with van der Waals surface area (Å²) >= 11 is 0. The number of rotatable bonds is 6. The number of benzene rings is 1. The first-order valence-electron chi connectivity index (χ1n) is 9.44. The van der Waals surface area contributed by atoms with E-state index in [1.165, 1.54) is 5.56 Å². The fraction of sp³-hybridized carbons (Fsp3) is 0.650. The van der Waals surface area contributed by atoms with Crippen LogP contribution < -0.4 is 4.74 Å². The van der Waals surface area contributed by atoms with Gasteiger partial charge in [0, 0.05) is 6.42 Å². The van der Waals surface area contributed by atoms with Crippen LogP contribution in [0.4, 0.5) is 0 Å². The minimum Gasteiger partial charge on any atom is -0.486 e. The van der Waals surface area contributed by atoms with Crippen LogP contribution in [0.2, 0.25) is 0 Å². The SMILES string of the molecule is CCc1ccccc1OC1CN(C(=O)CC2CCN(CC)CC2)C1. The second-order valence-corrected chi connectivity index (χ2v) is 7.08. The molecular formula is C20H30N2O2. The number of piperidine rings is 1. The predicted molar refractivity (Wildman–Crippen MR) is 96.3 cm³/mol. The number of carbonyl (C=O) groups is 1. The zero-order valence-electron chi connectivity index (χ0n) is 15.0. The Kier molecular flexibility index (Phi) is 5.77. The van der Waals surface area contributed by atoms with Crippen LogP contribution in [-0.4, -0.2) is 54.5 Å². The Labute approximate surface area is 145 Å². The smallest absolute Gasteiger partial charge is 0.223 e. The molecule has 0 bridgehead atoms. The molecule has 2 aliphatic heterocycles. The highest BCUT2D eigenvalue weighted by atomic mass is 16.5. The van der Waals surface area contributed by atoms with Gasteiger partial charge in [-0.15, -0.1) is 0 Å². The molecule has 0 radical (unpaired) electrons. The first-order chi connectivity index (χ1) is 11.7. The third kappa shape index (κ3) is 4.10. The Morgan fingerprint density at radius 2 is 1.88 bits per heavy atom. The molecule has 0 unspecified atom stereocenters. The first kappa shape index (κ1) is 17.3. The van der Waals surface area contributed by atoms with Crippen LogP contribution in [0, 0.1) is 5.92 Å². The van der Waals surface area contributed by atoms with Gasteiger partial charge in [-0.2, -0.15) is 0 Å². The van der Waals surface area contributed by atoms with Gasteiger partial charge in [-0.3, -0.25) is 4.79 Å². The zero-order valence-corrected chi connectivity index (χ0v) is 15.0. The van der Waals surface area contributed by atoms with Gasteiger partial charge in [0.05, 0.1) is 13.1 Å². The Hall–Kier alpha value is -1.55. The number of hydrogen-bond acceptors (Lipinski definition) is 3. The van der Waals surface area contributed by atoms with E-state index in [4.69, 9.17) is 4.74 Å². The zero-order chi connectivity index (χ0) is 16.9. The minimum atomic E-state index is 0.156. The molecule has 0 atom stereocenters. The molecule has 0 aromatic heterocycles. The summed E-state index contributed by atoms with van der Waals surface area (Å²) in [5.74, 6) is 1.86. The maximum atomic E-state index is 12.4. The summed E-state index contributed by atoms with van der Waals surface area (Å²) in [4.78, 5) is 16.9. The van der Waals surface area contributed by atoms with E-state index in [0.717, 1.165) is 64.2 Å². The molecule has 1 amide bonds. The number of nitrogens with zero attached hydrogens (tertiary/aromatic N) is 2. The molecular weight excluding hydrogens is 300 g/mol. The molecule has 132 valence electrons. The van der Waals surface area contributed by atoms with Gasteiger partial charge in [-0.1, -0.05) is 32.0 Å². The largest absolute Gasteiger partial charge is 0.486 e. The average molecular weight is 330 g/mol.